The fraction of sp³-hybridized carbons (Fsp3) is 0.571. The van der Waals surface area contributed by atoms with Crippen LogP contribution >= 0.6 is 0 Å². The van der Waals surface area contributed by atoms with Gasteiger partial charge >= 0.3 is 5.69 Å². The number of ether oxygens (including phenoxy) is 3. The molecular weight excluding hydrogens is 564 g/mol. The maximum absolute atomic E-state index is 12.8. The molecule has 3 heterocycles. The number of anilines is 2. The van der Waals surface area contributed by atoms with Gasteiger partial charge < -0.3 is 51.2 Å². The number of hydrogen-bond donors (Lipinski definition) is 7. The maximum Gasteiger partial charge on any atom is 0.351 e. The molecule has 236 valence electrons. The zero-order chi connectivity index (χ0) is 31.5. The second-order valence-corrected chi connectivity index (χ2v) is 11.1. The van der Waals surface area contributed by atoms with Crippen molar-refractivity contribution in [1.29, 1.82) is 0 Å². The molecule has 1 aromatic carbocycles. The van der Waals surface area contributed by atoms with Gasteiger partial charge in [0.1, 0.15) is 29.8 Å². The molecule has 8 N–H and O–H groups in total. The maximum atomic E-state index is 12.8. The summed E-state index contributed by atoms with van der Waals surface area (Å²) in [6.45, 7) is 4.43. The SMILES string of the molecule is CNC1C(C)OC(OC2CCC(n3ccc(NC(=O)c4ccc(NC(=O)C(C)(N)CO)cc4)nc3=O)OC2C)C(O)C1O. The van der Waals surface area contributed by atoms with E-state index in [0.29, 0.717) is 18.5 Å². The quantitative estimate of drug-likeness (QED) is 0.189. The molecule has 4 rings (SSSR count). The third-order valence-corrected chi connectivity index (χ3v) is 7.72. The number of nitrogens with zero attached hydrogens (tertiary/aromatic N) is 2. The van der Waals surface area contributed by atoms with Crippen molar-refractivity contribution in [2.45, 2.75) is 88.2 Å². The number of nitrogens with one attached hydrogen (secondary N) is 3. The lowest BCUT2D eigenvalue weighted by molar-refractivity contribution is -0.303. The summed E-state index contributed by atoms with van der Waals surface area (Å²) in [5.74, 6) is -1.05. The molecule has 0 saturated carbocycles. The molecular formula is C28H40N6O9. The molecule has 2 aromatic rings. The van der Waals surface area contributed by atoms with Crippen LogP contribution in [0.3, 0.4) is 0 Å². The summed E-state index contributed by atoms with van der Waals surface area (Å²) in [5.41, 5.74) is 4.28. The Bertz CT molecular complexity index is 1340. The van der Waals surface area contributed by atoms with Gasteiger partial charge in [0.25, 0.3) is 5.91 Å². The highest BCUT2D eigenvalue weighted by Gasteiger charge is 2.44. The number of likely N-dealkylation sites (N-methyl/N-ethyl adjacent to an activating group) is 1. The molecule has 0 radical (unpaired) electrons. The second-order valence-electron chi connectivity index (χ2n) is 11.1. The Morgan fingerprint density at radius 2 is 1.79 bits per heavy atom. The average molecular weight is 605 g/mol. The topological polar surface area (TPSA) is 220 Å². The molecule has 9 unspecified atom stereocenters. The first-order valence-corrected chi connectivity index (χ1v) is 14.1. The second kappa shape index (κ2) is 13.6. The number of aliphatic hydroxyl groups is 3. The molecule has 0 aliphatic carbocycles. The number of aromatic nitrogens is 2. The first-order valence-electron chi connectivity index (χ1n) is 14.1. The number of rotatable bonds is 9. The third-order valence-electron chi connectivity index (χ3n) is 7.72. The summed E-state index contributed by atoms with van der Waals surface area (Å²) >= 11 is 0. The minimum Gasteiger partial charge on any atom is -0.394 e. The van der Waals surface area contributed by atoms with Crippen LogP contribution in [0.5, 0.6) is 0 Å². The van der Waals surface area contributed by atoms with Gasteiger partial charge in [-0.25, -0.2) is 4.79 Å². The number of aliphatic hydroxyl groups excluding tert-OH is 3. The van der Waals surface area contributed by atoms with Gasteiger partial charge in [-0.3, -0.25) is 14.2 Å². The van der Waals surface area contributed by atoms with Crippen LogP contribution in [-0.4, -0.2) is 98.7 Å². The molecule has 2 amide bonds. The van der Waals surface area contributed by atoms with E-state index in [1.807, 2.05) is 0 Å². The molecule has 1 aromatic heterocycles. The minimum absolute atomic E-state index is 0.0477. The molecule has 2 aliphatic rings. The largest absolute Gasteiger partial charge is 0.394 e. The van der Waals surface area contributed by atoms with Gasteiger partial charge in [0, 0.05) is 17.4 Å². The van der Waals surface area contributed by atoms with Crippen LogP contribution in [0, 0.1) is 0 Å². The predicted octanol–water partition coefficient (Wildman–Crippen LogP) is -0.719. The van der Waals surface area contributed by atoms with Crippen LogP contribution in [0.25, 0.3) is 0 Å². The monoisotopic (exact) mass is 604 g/mol. The summed E-state index contributed by atoms with van der Waals surface area (Å²) in [6.07, 6.45) is -2.89. The van der Waals surface area contributed by atoms with Crippen LogP contribution in [0.1, 0.15) is 50.2 Å². The lowest BCUT2D eigenvalue weighted by atomic mass is 9.97. The molecule has 43 heavy (non-hydrogen) atoms. The van der Waals surface area contributed by atoms with Crippen LogP contribution in [0.4, 0.5) is 11.5 Å². The van der Waals surface area contributed by atoms with E-state index in [9.17, 15) is 29.7 Å². The lowest BCUT2D eigenvalue weighted by Crippen LogP contribution is -2.62. The highest BCUT2D eigenvalue weighted by molar-refractivity contribution is 6.04. The van der Waals surface area contributed by atoms with E-state index in [4.69, 9.17) is 19.9 Å². The van der Waals surface area contributed by atoms with E-state index in [-0.39, 0.29) is 11.4 Å². The van der Waals surface area contributed by atoms with Gasteiger partial charge in [-0.1, -0.05) is 0 Å². The van der Waals surface area contributed by atoms with E-state index < -0.39 is 78.7 Å². The number of carbonyl (C=O) groups is 2. The van der Waals surface area contributed by atoms with Crippen LogP contribution in [0.15, 0.2) is 41.3 Å². The zero-order valence-corrected chi connectivity index (χ0v) is 24.5. The van der Waals surface area contributed by atoms with Gasteiger partial charge in [-0.05, 0) is 71.0 Å². The lowest BCUT2D eigenvalue weighted by Gasteiger charge is -2.44. The average Bonchev–Trinajstić information content (AvgIpc) is 2.97. The molecule has 0 bridgehead atoms. The number of benzene rings is 1. The van der Waals surface area contributed by atoms with Gasteiger partial charge in [0.15, 0.2) is 6.29 Å². The van der Waals surface area contributed by atoms with Gasteiger partial charge in [0.2, 0.25) is 5.91 Å². The standard InChI is InChI=1S/C28H40N6O9/c1-14-18(43-25-23(37)22(36)21(30-4)15(2)42-25)9-10-20(41-14)34-12-11-19(33-27(34)40)32-24(38)16-5-7-17(8-6-16)31-26(39)28(3,29)13-35/h5-8,11-12,14-15,18,20-23,25,30,35-37H,9-10,13,29H2,1-4H3,(H,31,39)(H,32,33,38,40). The first kappa shape index (κ1) is 32.6. The van der Waals surface area contributed by atoms with Crippen molar-refractivity contribution in [3.63, 3.8) is 0 Å². The normalized spacial score (nSPS) is 30.7. The van der Waals surface area contributed by atoms with E-state index >= 15 is 0 Å². The zero-order valence-electron chi connectivity index (χ0n) is 24.5. The van der Waals surface area contributed by atoms with Crippen molar-refractivity contribution < 1.29 is 39.1 Å². The van der Waals surface area contributed by atoms with Crippen molar-refractivity contribution in [1.82, 2.24) is 14.9 Å². The summed E-state index contributed by atoms with van der Waals surface area (Å²) in [6, 6.07) is 7.02. The van der Waals surface area contributed by atoms with Crippen molar-refractivity contribution in [2.75, 3.05) is 24.3 Å². The van der Waals surface area contributed by atoms with Crippen molar-refractivity contribution in [3.8, 4) is 0 Å². The smallest absolute Gasteiger partial charge is 0.351 e. The fourth-order valence-corrected chi connectivity index (χ4v) is 4.99. The number of nitrogens with two attached hydrogens (primary N) is 1. The van der Waals surface area contributed by atoms with Crippen LogP contribution in [0.2, 0.25) is 0 Å². The van der Waals surface area contributed by atoms with E-state index in [0.717, 1.165) is 0 Å². The highest BCUT2D eigenvalue weighted by atomic mass is 16.7. The summed E-state index contributed by atoms with van der Waals surface area (Å²) in [4.78, 5) is 41.6. The van der Waals surface area contributed by atoms with Gasteiger partial charge in [-0.2, -0.15) is 4.98 Å². The molecule has 2 aliphatic heterocycles. The Balaban J connectivity index is 1.32. The fourth-order valence-electron chi connectivity index (χ4n) is 4.99. The van der Waals surface area contributed by atoms with Gasteiger partial charge in [0.05, 0.1) is 31.0 Å². The van der Waals surface area contributed by atoms with E-state index in [2.05, 4.69) is 20.9 Å². The summed E-state index contributed by atoms with van der Waals surface area (Å²) < 4.78 is 19.1. The Morgan fingerprint density at radius 3 is 2.40 bits per heavy atom. The number of hydrogen-bond acceptors (Lipinski definition) is 12. The molecule has 0 spiro atoms. The van der Waals surface area contributed by atoms with Crippen molar-refractivity contribution in [3.05, 3.63) is 52.6 Å². The van der Waals surface area contributed by atoms with E-state index in [1.54, 1.807) is 20.9 Å². The molecule has 9 atom stereocenters. The Labute approximate surface area is 248 Å². The first-order chi connectivity index (χ1) is 20.3. The van der Waals surface area contributed by atoms with Crippen molar-refractivity contribution in [2.24, 2.45) is 5.73 Å². The summed E-state index contributed by atoms with van der Waals surface area (Å²) in [7, 11) is 1.68. The number of amides is 2. The summed E-state index contributed by atoms with van der Waals surface area (Å²) in [5, 5.41) is 38.2. The molecule has 15 heteroatoms. The molecule has 2 fully saturated rings. The van der Waals surface area contributed by atoms with Crippen molar-refractivity contribution >= 4 is 23.3 Å². The van der Waals surface area contributed by atoms with Crippen LogP contribution in [-0.2, 0) is 19.0 Å². The predicted molar refractivity (Wildman–Crippen MR) is 154 cm³/mol. The highest BCUT2D eigenvalue weighted by Crippen LogP contribution is 2.31. The van der Waals surface area contributed by atoms with E-state index in [1.165, 1.54) is 48.0 Å². The molecule has 2 saturated heterocycles. The Hall–Kier alpha value is -3.28. The minimum atomic E-state index is -1.45. The van der Waals surface area contributed by atoms with Crippen LogP contribution < -0.4 is 27.4 Å². The molecule has 15 nitrogen and oxygen atoms in total. The Morgan fingerprint density at radius 1 is 1.09 bits per heavy atom. The van der Waals surface area contributed by atoms with Gasteiger partial charge in [-0.15, -0.1) is 0 Å². The Kier molecular flexibility index (Phi) is 10.3. The third kappa shape index (κ3) is 7.45. The number of carbonyl (C=O) groups excluding carboxylic acids is 2.